The minimum atomic E-state index is -4.67. The van der Waals surface area contributed by atoms with Crippen molar-refractivity contribution in [3.63, 3.8) is 0 Å². The van der Waals surface area contributed by atoms with E-state index in [0.29, 0.717) is 22.4 Å². The zero-order chi connectivity index (χ0) is 17.9. The highest BCUT2D eigenvalue weighted by Crippen LogP contribution is 2.24. The number of fused-ring (bicyclic) bond motifs is 1. The molecule has 2 amide bonds. The molecule has 0 radical (unpaired) electrons. The average molecular weight is 394 g/mol. The van der Waals surface area contributed by atoms with E-state index in [1.807, 2.05) is 0 Å². The third-order valence-corrected chi connectivity index (χ3v) is 4.11. The molecule has 130 valence electrons. The molecule has 9 nitrogen and oxygen atoms in total. The van der Waals surface area contributed by atoms with Crippen LogP contribution in [0.25, 0.3) is 0 Å². The molecule has 3 N–H and O–H groups in total. The van der Waals surface area contributed by atoms with Gasteiger partial charge in [0.05, 0.1) is 0 Å². The molecule has 0 aromatic heterocycles. The Morgan fingerprint density at radius 3 is 2.42 bits per heavy atom. The molecular weight excluding hydrogens is 382 g/mol. The molecule has 0 spiro atoms. The van der Waals surface area contributed by atoms with Crippen LogP contribution in [0.15, 0.2) is 29.3 Å². The number of thioether (sulfide) groups is 1. The molecule has 0 aliphatic carbocycles. The van der Waals surface area contributed by atoms with Gasteiger partial charge in [-0.2, -0.15) is 13.4 Å². The Balaban J connectivity index is 0.000000368. The lowest BCUT2D eigenvalue weighted by Crippen LogP contribution is -2.51. The van der Waals surface area contributed by atoms with E-state index >= 15 is 0 Å². The topological polar surface area (TPSA) is 136 Å². The van der Waals surface area contributed by atoms with Crippen molar-refractivity contribution in [3.05, 3.63) is 29.3 Å². The number of carbonyl (C=O) groups is 2. The number of anilines is 1. The summed E-state index contributed by atoms with van der Waals surface area (Å²) in [7, 11) is -4.67. The fourth-order valence-corrected chi connectivity index (χ4v) is 3.03. The number of halogens is 1. The number of hydrogen-bond donors (Lipinski definition) is 3. The predicted octanol–water partition coefficient (Wildman–Crippen LogP) is 0.939. The molecule has 1 atom stereocenters. The predicted molar refractivity (Wildman–Crippen MR) is 89.7 cm³/mol. The number of hydrogen-bond acceptors (Lipinski definition) is 6. The van der Waals surface area contributed by atoms with Gasteiger partial charge < -0.3 is 5.32 Å². The van der Waals surface area contributed by atoms with E-state index in [2.05, 4.69) is 10.3 Å². The number of amidine groups is 1. The maximum Gasteiger partial charge on any atom is 0.394 e. The van der Waals surface area contributed by atoms with Crippen molar-refractivity contribution >= 4 is 56.4 Å². The number of rotatable bonds is 2. The highest BCUT2D eigenvalue weighted by Gasteiger charge is 2.40. The molecule has 0 saturated carbocycles. The van der Waals surface area contributed by atoms with Crippen molar-refractivity contribution in [2.24, 2.45) is 4.99 Å². The van der Waals surface area contributed by atoms with E-state index in [1.54, 1.807) is 29.2 Å². The van der Waals surface area contributed by atoms with Gasteiger partial charge in [-0.25, -0.2) is 0 Å². The van der Waals surface area contributed by atoms with Gasteiger partial charge in [0.1, 0.15) is 0 Å². The Kier molecular flexibility index (Phi) is 5.83. The molecule has 2 aliphatic heterocycles. The fourth-order valence-electron chi connectivity index (χ4n) is 1.96. The Hall–Kier alpha value is -1.66. The van der Waals surface area contributed by atoms with Gasteiger partial charge >= 0.3 is 10.4 Å². The van der Waals surface area contributed by atoms with E-state index in [0.717, 1.165) is 5.75 Å². The summed E-state index contributed by atoms with van der Waals surface area (Å²) in [4.78, 5) is 29.6. The zero-order valence-electron chi connectivity index (χ0n) is 11.9. The maximum atomic E-state index is 12.2. The van der Waals surface area contributed by atoms with Crippen molar-refractivity contribution in [1.29, 1.82) is 0 Å². The molecular formula is C12H12ClN3O6S2. The number of nitrogens with one attached hydrogen (secondary N) is 1. The second-order valence-corrected chi connectivity index (χ2v) is 7.00. The quantitative estimate of drug-likeness (QED) is 0.498. The Labute approximate surface area is 146 Å². The smallest absolute Gasteiger partial charge is 0.366 e. The molecule has 1 fully saturated rings. The summed E-state index contributed by atoms with van der Waals surface area (Å²) in [5, 5.41) is 4.02. The molecule has 1 unspecified atom stereocenters. The highest BCUT2D eigenvalue weighted by atomic mass is 35.5. The fraction of sp³-hybridized carbons (Fsp3) is 0.250. The van der Waals surface area contributed by atoms with Gasteiger partial charge in [-0.1, -0.05) is 23.4 Å². The number of carbonyl (C=O) groups excluding carboxylic acids is 2. The lowest BCUT2D eigenvalue weighted by molar-refractivity contribution is -0.134. The summed E-state index contributed by atoms with van der Waals surface area (Å²) in [6.45, 7) is 0.606. The van der Waals surface area contributed by atoms with Gasteiger partial charge in [0.2, 0.25) is 0 Å². The molecule has 1 aromatic carbocycles. The molecule has 12 heteroatoms. The van der Waals surface area contributed by atoms with E-state index < -0.39 is 22.3 Å². The van der Waals surface area contributed by atoms with Crippen LogP contribution in [-0.4, -0.2) is 57.7 Å². The van der Waals surface area contributed by atoms with Gasteiger partial charge in [0.25, 0.3) is 11.8 Å². The highest BCUT2D eigenvalue weighted by molar-refractivity contribution is 8.14. The Bertz CT molecular complexity index is 772. The van der Waals surface area contributed by atoms with E-state index in [-0.39, 0.29) is 5.91 Å². The van der Waals surface area contributed by atoms with Gasteiger partial charge in [0.15, 0.2) is 11.2 Å². The zero-order valence-corrected chi connectivity index (χ0v) is 14.3. The normalized spacial score (nSPS) is 20.0. The number of amides is 2. The van der Waals surface area contributed by atoms with E-state index in [9.17, 15) is 9.59 Å². The lowest BCUT2D eigenvalue weighted by Gasteiger charge is -2.26. The molecule has 2 aliphatic rings. The molecule has 3 rings (SSSR count). The first-order chi connectivity index (χ1) is 11.1. The third-order valence-electron chi connectivity index (χ3n) is 2.90. The minimum absolute atomic E-state index is 0.241. The summed E-state index contributed by atoms with van der Waals surface area (Å²) in [5.41, 5.74) is 0.668. The Morgan fingerprint density at radius 1 is 1.25 bits per heavy atom. The molecule has 24 heavy (non-hydrogen) atoms. The summed E-state index contributed by atoms with van der Waals surface area (Å²) in [5.74, 6) is 0.0986. The van der Waals surface area contributed by atoms with Crippen LogP contribution < -0.4 is 5.32 Å². The van der Waals surface area contributed by atoms with Gasteiger partial charge in [-0.3, -0.25) is 23.6 Å². The van der Waals surface area contributed by atoms with Crippen LogP contribution in [0.3, 0.4) is 0 Å². The van der Waals surface area contributed by atoms with Crippen molar-refractivity contribution in [2.45, 2.75) is 6.04 Å². The number of benzene rings is 1. The summed E-state index contributed by atoms with van der Waals surface area (Å²) < 4.78 is 31.6. The van der Waals surface area contributed by atoms with Crippen molar-refractivity contribution < 1.29 is 27.1 Å². The second kappa shape index (κ2) is 7.49. The molecule has 2 heterocycles. The Morgan fingerprint density at radius 2 is 1.83 bits per heavy atom. The second-order valence-electron chi connectivity index (χ2n) is 4.60. The average Bonchev–Trinajstić information content (AvgIpc) is 2.92. The molecule has 1 saturated heterocycles. The summed E-state index contributed by atoms with van der Waals surface area (Å²) in [6.07, 6.45) is 0. The van der Waals surface area contributed by atoms with Gasteiger partial charge in [0, 0.05) is 23.0 Å². The maximum absolute atomic E-state index is 12.2. The van der Waals surface area contributed by atoms with Crippen LogP contribution in [0.1, 0.15) is 0 Å². The summed E-state index contributed by atoms with van der Waals surface area (Å²) in [6, 6.07) is 5.90. The van der Waals surface area contributed by atoms with E-state index in [4.69, 9.17) is 29.1 Å². The molecule has 0 bridgehead atoms. The molecule has 1 aromatic rings. The van der Waals surface area contributed by atoms with Gasteiger partial charge in [-0.15, -0.1) is 0 Å². The van der Waals surface area contributed by atoms with Crippen LogP contribution in [0.2, 0.25) is 5.02 Å². The monoisotopic (exact) mass is 393 g/mol. The number of nitrogens with zero attached hydrogens (tertiary/aromatic N) is 2. The largest absolute Gasteiger partial charge is 0.394 e. The first-order valence-corrected chi connectivity index (χ1v) is 9.20. The third kappa shape index (κ3) is 5.18. The number of aliphatic imine (C=N–C) groups is 1. The lowest BCUT2D eigenvalue weighted by atomic mass is 10.2. The van der Waals surface area contributed by atoms with Crippen LogP contribution in [0.5, 0.6) is 0 Å². The van der Waals surface area contributed by atoms with Crippen molar-refractivity contribution in [2.75, 3.05) is 17.6 Å². The first kappa shape index (κ1) is 18.7. The van der Waals surface area contributed by atoms with E-state index in [1.165, 1.54) is 11.8 Å². The van der Waals surface area contributed by atoms with Crippen molar-refractivity contribution in [3.8, 4) is 0 Å². The van der Waals surface area contributed by atoms with Crippen molar-refractivity contribution in [1.82, 2.24) is 4.90 Å². The van der Waals surface area contributed by atoms with Crippen LogP contribution >= 0.6 is 23.4 Å². The van der Waals surface area contributed by atoms with Crippen LogP contribution in [-0.2, 0) is 20.0 Å². The standard InChI is InChI=1S/C12H10ClN3O2S.H2O4S/c13-7-1-3-8(4-2-7)14-9-10(17)15-12-16(11(9)18)5-6-19-12;1-5(2,3)4/h1-4,9,14H,5-6H2;(H2,1,2,3,4). The van der Waals surface area contributed by atoms with Gasteiger partial charge in [-0.05, 0) is 24.3 Å². The minimum Gasteiger partial charge on any atom is -0.366 e. The first-order valence-electron chi connectivity index (χ1n) is 6.44. The van der Waals surface area contributed by atoms with Crippen LogP contribution in [0, 0.1) is 0 Å². The van der Waals surface area contributed by atoms with Crippen LogP contribution in [0.4, 0.5) is 5.69 Å². The SMILES string of the molecule is O=C1N=C2SCCN2C(=O)C1Nc1ccc(Cl)cc1.O=S(=O)(O)O. The summed E-state index contributed by atoms with van der Waals surface area (Å²) >= 11 is 7.22.